The average Bonchev–Trinajstić information content (AvgIpc) is 2.97. The predicted molar refractivity (Wildman–Crippen MR) is 139 cm³/mol. The molecule has 4 N–H and O–H groups in total. The molecule has 0 unspecified atom stereocenters. The maximum atomic E-state index is 13.3. The fourth-order valence-corrected chi connectivity index (χ4v) is 3.87. The van der Waals surface area contributed by atoms with Crippen molar-refractivity contribution in [2.24, 2.45) is 0 Å². The molecule has 3 rings (SSSR count). The molecule has 3 amide bonds. The number of nitrogens with one attached hydrogen (secondary N) is 1. The monoisotopic (exact) mass is 559 g/mol. The second-order valence-corrected chi connectivity index (χ2v) is 8.90. The molecule has 0 aliphatic carbocycles. The van der Waals surface area contributed by atoms with Gasteiger partial charge in [0.1, 0.15) is 24.4 Å². The summed E-state index contributed by atoms with van der Waals surface area (Å²) in [5, 5.41) is 30.5. The van der Waals surface area contributed by atoms with Crippen molar-refractivity contribution in [1.82, 2.24) is 25.1 Å². The zero-order valence-electron chi connectivity index (χ0n) is 22.1. The number of aliphatic hydroxyl groups excluding tert-OH is 2. The number of aromatic nitrogens is 2. The highest BCUT2D eigenvalue weighted by Gasteiger charge is 2.31. The summed E-state index contributed by atoms with van der Waals surface area (Å²) in [7, 11) is 0. The van der Waals surface area contributed by atoms with Gasteiger partial charge in [-0.05, 0) is 13.3 Å². The topological polar surface area (TPSA) is 192 Å². The number of carboxylic acid groups (broad SMARTS) is 1. The van der Waals surface area contributed by atoms with Gasteiger partial charge in [-0.1, -0.05) is 30.3 Å². The molecule has 1 aromatic carbocycles. The highest BCUT2D eigenvalue weighted by Crippen LogP contribution is 2.20. The third kappa shape index (κ3) is 8.61. The van der Waals surface area contributed by atoms with Crippen molar-refractivity contribution in [1.29, 1.82) is 0 Å². The number of ether oxygens (including phenoxy) is 2. The number of carbonyl (C=O) groups excluding carboxylic acids is 3. The van der Waals surface area contributed by atoms with Crippen LogP contribution in [0.2, 0.25) is 0 Å². The van der Waals surface area contributed by atoms with Crippen LogP contribution >= 0.6 is 0 Å². The molecule has 14 nitrogen and oxygen atoms in total. The van der Waals surface area contributed by atoms with E-state index in [2.05, 4.69) is 15.3 Å². The molecule has 2 aromatic rings. The van der Waals surface area contributed by atoms with Crippen molar-refractivity contribution in [3.05, 3.63) is 42.1 Å². The molecule has 0 bridgehead atoms. The second kappa shape index (κ2) is 14.7. The van der Waals surface area contributed by atoms with Crippen molar-refractivity contribution in [2.75, 3.05) is 46.0 Å². The number of carbonyl (C=O) groups is 4. The first kappa shape index (κ1) is 30.2. The molecular weight excluding hydrogens is 526 g/mol. The van der Waals surface area contributed by atoms with Gasteiger partial charge in [0.05, 0.1) is 13.2 Å². The van der Waals surface area contributed by atoms with Crippen LogP contribution in [0.25, 0.3) is 11.4 Å². The third-order valence-corrected chi connectivity index (χ3v) is 5.97. The van der Waals surface area contributed by atoms with Gasteiger partial charge < -0.3 is 39.9 Å². The molecule has 2 atom stereocenters. The molecule has 14 heteroatoms. The lowest BCUT2D eigenvalue weighted by Gasteiger charge is -2.35. The zero-order valence-corrected chi connectivity index (χ0v) is 22.1. The standard InChI is InChI=1S/C26H33N5O9/c1-2-39-26(38)31-12-10-30(11-13-31)25(37)19(8-9-22(34)35)28-24(36)20-14-21(40-16-18(33)15-32)29-23(27-20)17-6-4-3-5-7-17/h3-7,14,18-19,32-33H,2,8-13,15-16H2,1H3,(H,28,36)(H,34,35)/t18-,19-/m0/s1. The van der Waals surface area contributed by atoms with Gasteiger partial charge in [0.25, 0.3) is 5.91 Å². The zero-order chi connectivity index (χ0) is 29.1. The summed E-state index contributed by atoms with van der Waals surface area (Å²) in [5.74, 6) is -2.29. The van der Waals surface area contributed by atoms with E-state index in [0.717, 1.165) is 0 Å². The van der Waals surface area contributed by atoms with Crippen LogP contribution in [-0.2, 0) is 14.3 Å². The Morgan fingerprint density at radius 3 is 2.35 bits per heavy atom. The van der Waals surface area contributed by atoms with Crippen LogP contribution in [0, 0.1) is 0 Å². The molecule has 1 aliphatic rings. The molecule has 1 aromatic heterocycles. The number of aliphatic hydroxyl groups is 2. The van der Waals surface area contributed by atoms with Crippen LogP contribution in [0.5, 0.6) is 5.88 Å². The normalized spacial score (nSPS) is 14.7. The first-order valence-corrected chi connectivity index (χ1v) is 12.8. The van der Waals surface area contributed by atoms with Crippen LogP contribution < -0.4 is 10.1 Å². The summed E-state index contributed by atoms with van der Waals surface area (Å²) < 4.78 is 10.4. The third-order valence-electron chi connectivity index (χ3n) is 5.97. The maximum Gasteiger partial charge on any atom is 0.409 e. The Morgan fingerprint density at radius 2 is 1.73 bits per heavy atom. The highest BCUT2D eigenvalue weighted by molar-refractivity contribution is 5.96. The molecule has 40 heavy (non-hydrogen) atoms. The predicted octanol–water partition coefficient (Wildman–Crippen LogP) is 0.140. The molecule has 0 saturated carbocycles. The van der Waals surface area contributed by atoms with Crippen molar-refractivity contribution in [3.63, 3.8) is 0 Å². The summed E-state index contributed by atoms with van der Waals surface area (Å²) >= 11 is 0. The lowest BCUT2D eigenvalue weighted by molar-refractivity contribution is -0.138. The quantitative estimate of drug-likeness (QED) is 0.276. The lowest BCUT2D eigenvalue weighted by Crippen LogP contribution is -2.56. The summed E-state index contributed by atoms with van der Waals surface area (Å²) in [4.78, 5) is 61.4. The molecule has 2 heterocycles. The van der Waals surface area contributed by atoms with Gasteiger partial charge in [-0.25, -0.2) is 9.78 Å². The summed E-state index contributed by atoms with van der Waals surface area (Å²) in [6, 6.07) is 8.79. The van der Waals surface area contributed by atoms with E-state index in [1.165, 1.54) is 15.9 Å². The maximum absolute atomic E-state index is 13.3. The Kier molecular flexibility index (Phi) is 11.1. The van der Waals surface area contributed by atoms with E-state index in [4.69, 9.17) is 14.6 Å². The number of benzene rings is 1. The fraction of sp³-hybridized carbons (Fsp3) is 0.462. The van der Waals surface area contributed by atoms with Crippen molar-refractivity contribution >= 4 is 23.9 Å². The number of rotatable bonds is 12. The van der Waals surface area contributed by atoms with E-state index < -0.39 is 42.6 Å². The molecule has 0 spiro atoms. The summed E-state index contributed by atoms with van der Waals surface area (Å²) in [6.07, 6.45) is -2.19. The lowest BCUT2D eigenvalue weighted by atomic mass is 10.1. The minimum absolute atomic E-state index is 0.0463. The second-order valence-electron chi connectivity index (χ2n) is 8.90. The summed E-state index contributed by atoms with van der Waals surface area (Å²) in [5.41, 5.74) is 0.422. The largest absolute Gasteiger partial charge is 0.481 e. The number of nitrogens with zero attached hydrogens (tertiary/aromatic N) is 4. The van der Waals surface area contributed by atoms with Crippen molar-refractivity contribution in [2.45, 2.75) is 31.9 Å². The minimum Gasteiger partial charge on any atom is -0.481 e. The van der Waals surface area contributed by atoms with Gasteiger partial charge in [-0.3, -0.25) is 14.4 Å². The number of hydrogen-bond acceptors (Lipinski definition) is 10. The number of hydrogen-bond donors (Lipinski definition) is 4. The van der Waals surface area contributed by atoms with E-state index in [1.54, 1.807) is 37.3 Å². The van der Waals surface area contributed by atoms with Crippen molar-refractivity contribution < 1.29 is 44.0 Å². The van der Waals surface area contributed by atoms with Crippen LogP contribution in [0.4, 0.5) is 4.79 Å². The smallest absolute Gasteiger partial charge is 0.409 e. The van der Waals surface area contributed by atoms with E-state index >= 15 is 0 Å². The van der Waals surface area contributed by atoms with Gasteiger partial charge in [0, 0.05) is 44.2 Å². The highest BCUT2D eigenvalue weighted by atomic mass is 16.6. The van der Waals surface area contributed by atoms with Crippen LogP contribution in [0.15, 0.2) is 36.4 Å². The Labute approximate surface area is 230 Å². The number of piperazine rings is 1. The molecular formula is C26H33N5O9. The van der Waals surface area contributed by atoms with Gasteiger partial charge in [0.2, 0.25) is 11.8 Å². The number of aliphatic carboxylic acids is 1. The summed E-state index contributed by atoms with van der Waals surface area (Å²) in [6.45, 7) is 1.94. The van der Waals surface area contributed by atoms with E-state index in [0.29, 0.717) is 5.56 Å². The van der Waals surface area contributed by atoms with E-state index in [-0.39, 0.29) is 69.6 Å². The van der Waals surface area contributed by atoms with Gasteiger partial charge in [0.15, 0.2) is 5.82 Å². The molecule has 1 fully saturated rings. The first-order chi connectivity index (χ1) is 19.2. The Hall–Kier alpha value is -4.30. The van der Waals surface area contributed by atoms with E-state index in [9.17, 15) is 29.4 Å². The van der Waals surface area contributed by atoms with Crippen molar-refractivity contribution in [3.8, 4) is 17.3 Å². The Morgan fingerprint density at radius 1 is 1.05 bits per heavy atom. The number of amides is 3. The molecule has 216 valence electrons. The molecule has 1 aliphatic heterocycles. The minimum atomic E-state index is -1.17. The number of carboxylic acids is 1. The first-order valence-electron chi connectivity index (χ1n) is 12.8. The van der Waals surface area contributed by atoms with E-state index in [1.807, 2.05) is 0 Å². The van der Waals surface area contributed by atoms with Crippen LogP contribution in [0.1, 0.15) is 30.3 Å². The Balaban J connectivity index is 1.80. The Bertz CT molecular complexity index is 1170. The average molecular weight is 560 g/mol. The van der Waals surface area contributed by atoms with Crippen LogP contribution in [-0.4, -0.2) is 117 Å². The fourth-order valence-electron chi connectivity index (χ4n) is 3.87. The molecule has 1 saturated heterocycles. The molecule has 0 radical (unpaired) electrons. The van der Waals surface area contributed by atoms with Gasteiger partial charge >= 0.3 is 12.1 Å². The SMILES string of the molecule is CCOC(=O)N1CCN(C(=O)[C@H](CCC(=O)O)NC(=O)c2cc(OC[C@@H](O)CO)nc(-c3ccccc3)n2)CC1. The van der Waals surface area contributed by atoms with Crippen LogP contribution in [0.3, 0.4) is 0 Å². The van der Waals surface area contributed by atoms with Gasteiger partial charge in [-0.15, -0.1) is 0 Å². The van der Waals surface area contributed by atoms with Gasteiger partial charge in [-0.2, -0.15) is 4.98 Å².